The zero-order valence-corrected chi connectivity index (χ0v) is 17.8. The molecule has 4 atom stereocenters. The monoisotopic (exact) mass is 421 g/mol. The number of rotatable bonds is 2. The van der Waals surface area contributed by atoms with Gasteiger partial charge in [-0.3, -0.25) is 9.59 Å². The summed E-state index contributed by atoms with van der Waals surface area (Å²) < 4.78 is 0. The number of aromatic nitrogens is 2. The molecular weight excluding hydrogens is 394 g/mol. The molecule has 1 aromatic heterocycles. The van der Waals surface area contributed by atoms with Crippen molar-refractivity contribution in [2.75, 3.05) is 20.1 Å². The number of likely N-dealkylation sites (N-methyl/N-ethyl adjacent to an activating group) is 1. The zero-order chi connectivity index (χ0) is 21.7. The van der Waals surface area contributed by atoms with Gasteiger partial charge in [-0.2, -0.15) is 0 Å². The molecule has 9 nitrogen and oxygen atoms in total. The van der Waals surface area contributed by atoms with Crippen LogP contribution in [-0.2, 0) is 16.0 Å². The van der Waals surface area contributed by atoms with Gasteiger partial charge in [-0.25, -0.2) is 15.0 Å². The highest BCUT2D eigenvalue weighted by molar-refractivity contribution is 6.09. The lowest BCUT2D eigenvalue weighted by Crippen LogP contribution is -2.61. The molecule has 31 heavy (non-hydrogen) atoms. The Balaban J connectivity index is 1.38. The number of aryl methyl sites for hydroxylation is 1. The molecule has 2 fully saturated rings. The fourth-order valence-electron chi connectivity index (χ4n) is 4.83. The van der Waals surface area contributed by atoms with E-state index in [-0.39, 0.29) is 24.2 Å². The number of aliphatic imine (C=N–C) groups is 1. The van der Waals surface area contributed by atoms with Crippen LogP contribution in [0.3, 0.4) is 0 Å². The zero-order valence-electron chi connectivity index (χ0n) is 17.8. The van der Waals surface area contributed by atoms with Gasteiger partial charge in [0.1, 0.15) is 17.8 Å². The molecule has 9 heteroatoms. The van der Waals surface area contributed by atoms with E-state index < -0.39 is 18.1 Å². The minimum atomic E-state index is -0.822. The van der Waals surface area contributed by atoms with Gasteiger partial charge in [0.25, 0.3) is 0 Å². The highest BCUT2D eigenvalue weighted by Gasteiger charge is 2.50. The van der Waals surface area contributed by atoms with Crippen LogP contribution in [0.15, 0.2) is 29.3 Å². The van der Waals surface area contributed by atoms with Crippen LogP contribution in [-0.4, -0.2) is 75.8 Å². The van der Waals surface area contributed by atoms with Gasteiger partial charge in [0, 0.05) is 43.7 Å². The van der Waals surface area contributed by atoms with Gasteiger partial charge in [0.15, 0.2) is 17.9 Å². The average molecular weight is 422 g/mol. The number of piperidine rings is 2. The maximum absolute atomic E-state index is 13.3. The van der Waals surface area contributed by atoms with E-state index >= 15 is 0 Å². The summed E-state index contributed by atoms with van der Waals surface area (Å²) in [7, 11) is 1.71. The number of fused-ring (bicyclic) bond motifs is 2. The van der Waals surface area contributed by atoms with Crippen LogP contribution in [0.4, 0.5) is 0 Å². The van der Waals surface area contributed by atoms with E-state index in [0.717, 1.165) is 36.0 Å². The quantitative estimate of drug-likeness (QED) is 0.666. The van der Waals surface area contributed by atoms with E-state index in [9.17, 15) is 9.59 Å². The van der Waals surface area contributed by atoms with E-state index in [1.165, 1.54) is 0 Å². The summed E-state index contributed by atoms with van der Waals surface area (Å²) in [5.74, 6) is -0.0321. The van der Waals surface area contributed by atoms with Gasteiger partial charge in [-0.05, 0) is 25.8 Å². The van der Waals surface area contributed by atoms with Crippen molar-refractivity contribution >= 4 is 28.6 Å². The number of hydrogen-bond acceptors (Lipinski definition) is 8. The third kappa shape index (κ3) is 3.42. The van der Waals surface area contributed by atoms with E-state index in [0.29, 0.717) is 18.3 Å². The molecule has 0 radical (unpaired) electrons. The molecule has 5 rings (SSSR count). The molecule has 3 aliphatic heterocycles. The Morgan fingerprint density at radius 2 is 2.03 bits per heavy atom. The Morgan fingerprint density at radius 1 is 1.23 bits per heavy atom. The lowest BCUT2D eigenvalue weighted by molar-refractivity contribution is -0.148. The maximum atomic E-state index is 13.3. The number of ketones is 1. The second-order valence-corrected chi connectivity index (χ2v) is 8.69. The third-order valence-electron chi connectivity index (χ3n) is 6.51. The predicted octanol–water partition coefficient (Wildman–Crippen LogP) is 0.215. The Labute approximate surface area is 180 Å². The number of likely N-dealkylation sites (tertiary alicyclic amines) is 2. The number of benzene rings is 1. The molecule has 1 amide bonds. The van der Waals surface area contributed by atoms with Crippen LogP contribution >= 0.6 is 0 Å². The minimum absolute atomic E-state index is 0.0944. The Morgan fingerprint density at radius 3 is 2.84 bits per heavy atom. The molecule has 0 saturated carbocycles. The first-order valence-electron chi connectivity index (χ1n) is 10.8. The first-order chi connectivity index (χ1) is 14.9. The Kier molecular flexibility index (Phi) is 4.85. The Hall–Kier alpha value is -3.07. The van der Waals surface area contributed by atoms with Crippen molar-refractivity contribution in [3.8, 4) is 0 Å². The van der Waals surface area contributed by atoms with Crippen molar-refractivity contribution in [1.29, 1.82) is 0 Å². The van der Waals surface area contributed by atoms with Crippen LogP contribution in [0.1, 0.15) is 24.4 Å². The number of para-hydroxylation sites is 1. The van der Waals surface area contributed by atoms with Gasteiger partial charge in [-0.15, -0.1) is 0 Å². The first-order valence-corrected chi connectivity index (χ1v) is 10.8. The number of Topliss-reactive ketones (excluding diaryl/α,β-unsaturated/α-hetero) is 1. The SMILES string of the molecule is Cc1nc(CC2C(=O)C3NC(N4CCCC(N)C4)=NC3N(C)C2=O)nc2ccccc12. The van der Waals surface area contributed by atoms with Gasteiger partial charge >= 0.3 is 0 Å². The summed E-state index contributed by atoms with van der Waals surface area (Å²) in [4.78, 5) is 43.9. The topological polar surface area (TPSA) is 117 Å². The number of guanidine groups is 1. The molecule has 0 bridgehead atoms. The normalized spacial score (nSPS) is 28.5. The number of nitrogens with zero attached hydrogens (tertiary/aromatic N) is 5. The molecule has 4 unspecified atom stereocenters. The number of carbonyl (C=O) groups is 2. The minimum Gasteiger partial charge on any atom is -0.342 e. The molecule has 3 N–H and O–H groups in total. The lowest BCUT2D eigenvalue weighted by atomic mass is 9.87. The second kappa shape index (κ2) is 7.56. The summed E-state index contributed by atoms with van der Waals surface area (Å²) >= 11 is 0. The van der Waals surface area contributed by atoms with Crippen LogP contribution in [0.25, 0.3) is 10.9 Å². The molecule has 2 saturated heterocycles. The van der Waals surface area contributed by atoms with E-state index in [4.69, 9.17) is 5.73 Å². The van der Waals surface area contributed by atoms with Gasteiger partial charge in [-0.1, -0.05) is 18.2 Å². The van der Waals surface area contributed by atoms with Crippen molar-refractivity contribution in [1.82, 2.24) is 25.1 Å². The number of carbonyl (C=O) groups excluding carboxylic acids is 2. The van der Waals surface area contributed by atoms with Crippen LogP contribution in [0, 0.1) is 12.8 Å². The van der Waals surface area contributed by atoms with Crippen molar-refractivity contribution in [3.05, 3.63) is 35.8 Å². The summed E-state index contributed by atoms with van der Waals surface area (Å²) in [6, 6.07) is 7.29. The molecule has 3 aliphatic rings. The standard InChI is InChI=1S/C22H27N7O2/c1-12-14-7-3-4-8-16(14)25-17(24-12)10-15-19(30)18-20(28(2)21(15)31)27-22(26-18)29-9-5-6-13(23)11-29/h3-4,7-8,13,15,18,20H,5-6,9-11,23H2,1-2H3,(H,26,27). The molecule has 162 valence electrons. The van der Waals surface area contributed by atoms with Crippen LogP contribution in [0.5, 0.6) is 0 Å². The van der Waals surface area contributed by atoms with Crippen LogP contribution < -0.4 is 11.1 Å². The maximum Gasteiger partial charge on any atom is 0.235 e. The fraction of sp³-hybridized carbons (Fsp3) is 0.500. The van der Waals surface area contributed by atoms with Gasteiger partial charge in [0.05, 0.1) is 5.52 Å². The molecule has 2 aromatic rings. The summed E-state index contributed by atoms with van der Waals surface area (Å²) in [6.45, 7) is 3.46. The lowest BCUT2D eigenvalue weighted by Gasteiger charge is -2.36. The molecular formula is C22H27N7O2. The van der Waals surface area contributed by atoms with Gasteiger partial charge < -0.3 is 20.9 Å². The van der Waals surface area contributed by atoms with Crippen molar-refractivity contribution in [3.63, 3.8) is 0 Å². The van der Waals surface area contributed by atoms with Crippen LogP contribution in [0.2, 0.25) is 0 Å². The summed E-state index contributed by atoms with van der Waals surface area (Å²) in [5.41, 5.74) is 7.76. The van der Waals surface area contributed by atoms with Crippen molar-refractivity contribution < 1.29 is 9.59 Å². The number of nitrogens with two attached hydrogens (primary N) is 1. The number of hydrogen-bond donors (Lipinski definition) is 2. The van der Waals surface area contributed by atoms with Crippen molar-refractivity contribution in [2.24, 2.45) is 16.6 Å². The van der Waals surface area contributed by atoms with E-state index in [1.54, 1.807) is 11.9 Å². The molecule has 0 aliphatic carbocycles. The highest BCUT2D eigenvalue weighted by atomic mass is 16.2. The smallest absolute Gasteiger partial charge is 0.235 e. The number of amides is 1. The molecule has 1 aromatic carbocycles. The van der Waals surface area contributed by atoms with E-state index in [1.807, 2.05) is 31.2 Å². The first kappa shape index (κ1) is 19.9. The third-order valence-corrected chi connectivity index (χ3v) is 6.51. The average Bonchev–Trinajstić information content (AvgIpc) is 3.21. The van der Waals surface area contributed by atoms with Crippen molar-refractivity contribution in [2.45, 2.75) is 44.4 Å². The summed E-state index contributed by atoms with van der Waals surface area (Å²) in [5, 5.41) is 4.25. The van der Waals surface area contributed by atoms with Gasteiger partial charge in [0.2, 0.25) is 5.91 Å². The highest BCUT2D eigenvalue weighted by Crippen LogP contribution is 2.27. The second-order valence-electron chi connectivity index (χ2n) is 8.69. The predicted molar refractivity (Wildman–Crippen MR) is 116 cm³/mol. The Bertz CT molecular complexity index is 1080. The van der Waals surface area contributed by atoms with E-state index in [2.05, 4.69) is 25.2 Å². The molecule has 4 heterocycles. The molecule has 0 spiro atoms. The largest absolute Gasteiger partial charge is 0.342 e. The number of nitrogens with one attached hydrogen (secondary N) is 1. The summed E-state index contributed by atoms with van der Waals surface area (Å²) in [6.07, 6.45) is 1.63. The fourth-order valence-corrected chi connectivity index (χ4v) is 4.83.